The summed E-state index contributed by atoms with van der Waals surface area (Å²) in [7, 11) is 0. The quantitative estimate of drug-likeness (QED) is 0.683. The van der Waals surface area contributed by atoms with E-state index in [1.165, 1.54) is 24.3 Å². The van der Waals surface area contributed by atoms with Crippen LogP contribution >= 0.6 is 0 Å². The molecule has 0 bridgehead atoms. The normalized spacial score (nSPS) is 11.8. The fourth-order valence-electron chi connectivity index (χ4n) is 1.67. The van der Waals surface area contributed by atoms with Crippen molar-refractivity contribution in [3.05, 3.63) is 65.2 Å². The maximum atomic E-state index is 13.4. The van der Waals surface area contributed by atoms with Gasteiger partial charge in [0.15, 0.2) is 17.5 Å². The molecule has 20 heavy (non-hydrogen) atoms. The number of nitrogens with zero attached hydrogens (tertiary/aromatic N) is 1. The van der Waals surface area contributed by atoms with Crippen LogP contribution in [0.5, 0.6) is 0 Å². The Hall–Kier alpha value is -2.55. The SMILES string of the molecule is N#CC(Nc1ccccc1F)c1cc(F)c(F)c(F)c1. The molecule has 0 radical (unpaired) electrons. The first-order valence-corrected chi connectivity index (χ1v) is 5.58. The monoisotopic (exact) mass is 280 g/mol. The number of halogens is 4. The molecule has 6 heteroatoms. The summed E-state index contributed by atoms with van der Waals surface area (Å²) in [6, 6.07) is 7.44. The topological polar surface area (TPSA) is 35.8 Å². The van der Waals surface area contributed by atoms with Crippen molar-refractivity contribution in [3.8, 4) is 6.07 Å². The Morgan fingerprint density at radius 3 is 2.10 bits per heavy atom. The van der Waals surface area contributed by atoms with Crippen molar-refractivity contribution >= 4 is 5.69 Å². The highest BCUT2D eigenvalue weighted by atomic mass is 19.2. The summed E-state index contributed by atoms with van der Waals surface area (Å²) >= 11 is 0. The number of para-hydroxylation sites is 1. The lowest BCUT2D eigenvalue weighted by atomic mass is 10.1. The van der Waals surface area contributed by atoms with Gasteiger partial charge in [-0.15, -0.1) is 0 Å². The van der Waals surface area contributed by atoms with E-state index in [0.29, 0.717) is 12.1 Å². The van der Waals surface area contributed by atoms with Gasteiger partial charge in [-0.1, -0.05) is 12.1 Å². The van der Waals surface area contributed by atoms with Crippen LogP contribution in [0.3, 0.4) is 0 Å². The number of nitriles is 1. The van der Waals surface area contributed by atoms with Gasteiger partial charge in [0, 0.05) is 0 Å². The highest BCUT2D eigenvalue weighted by Gasteiger charge is 2.18. The molecule has 0 aliphatic rings. The Kier molecular flexibility index (Phi) is 3.89. The first kappa shape index (κ1) is 13.9. The smallest absolute Gasteiger partial charge is 0.194 e. The van der Waals surface area contributed by atoms with E-state index in [1.807, 2.05) is 0 Å². The van der Waals surface area contributed by atoms with E-state index in [0.717, 1.165) is 0 Å². The third-order valence-corrected chi connectivity index (χ3v) is 2.64. The number of hydrogen-bond acceptors (Lipinski definition) is 2. The Morgan fingerprint density at radius 2 is 1.55 bits per heavy atom. The average molecular weight is 280 g/mol. The third kappa shape index (κ3) is 2.72. The molecule has 0 heterocycles. The molecule has 0 fully saturated rings. The van der Waals surface area contributed by atoms with Gasteiger partial charge < -0.3 is 5.32 Å². The highest BCUT2D eigenvalue weighted by molar-refractivity contribution is 5.48. The summed E-state index contributed by atoms with van der Waals surface area (Å²) < 4.78 is 52.6. The molecule has 0 amide bonds. The van der Waals surface area contributed by atoms with Crippen molar-refractivity contribution in [2.24, 2.45) is 0 Å². The molecule has 0 saturated heterocycles. The fourth-order valence-corrected chi connectivity index (χ4v) is 1.67. The van der Waals surface area contributed by atoms with Crippen LogP contribution in [0.15, 0.2) is 36.4 Å². The molecule has 0 spiro atoms. The van der Waals surface area contributed by atoms with E-state index in [9.17, 15) is 17.6 Å². The predicted molar refractivity (Wildman–Crippen MR) is 64.7 cm³/mol. The zero-order chi connectivity index (χ0) is 14.7. The van der Waals surface area contributed by atoms with Crippen molar-refractivity contribution < 1.29 is 17.6 Å². The molecule has 1 N–H and O–H groups in total. The number of rotatable bonds is 3. The molecule has 2 nitrogen and oxygen atoms in total. The number of anilines is 1. The van der Waals surface area contributed by atoms with Crippen LogP contribution in [0, 0.1) is 34.6 Å². The molecular weight excluding hydrogens is 272 g/mol. The number of hydrogen-bond donors (Lipinski definition) is 1. The Morgan fingerprint density at radius 1 is 0.950 bits per heavy atom. The van der Waals surface area contributed by atoms with E-state index in [2.05, 4.69) is 5.32 Å². The van der Waals surface area contributed by atoms with Gasteiger partial charge >= 0.3 is 0 Å². The second kappa shape index (κ2) is 5.61. The second-order valence-corrected chi connectivity index (χ2v) is 3.98. The minimum absolute atomic E-state index is 0.00388. The molecule has 2 rings (SSSR count). The minimum Gasteiger partial charge on any atom is -0.364 e. The van der Waals surface area contributed by atoms with Crippen molar-refractivity contribution in [2.45, 2.75) is 6.04 Å². The first-order chi connectivity index (χ1) is 9.52. The molecule has 0 aromatic heterocycles. The lowest BCUT2D eigenvalue weighted by Crippen LogP contribution is -2.11. The van der Waals surface area contributed by atoms with Gasteiger partial charge in [0.1, 0.15) is 11.9 Å². The third-order valence-electron chi connectivity index (χ3n) is 2.64. The van der Waals surface area contributed by atoms with Crippen molar-refractivity contribution in [3.63, 3.8) is 0 Å². The van der Waals surface area contributed by atoms with Crippen LogP contribution in [0.25, 0.3) is 0 Å². The Balaban J connectivity index is 2.35. The summed E-state index contributed by atoms with van der Waals surface area (Å²) in [6.45, 7) is 0. The van der Waals surface area contributed by atoms with E-state index in [-0.39, 0.29) is 11.3 Å². The second-order valence-electron chi connectivity index (χ2n) is 3.98. The zero-order valence-electron chi connectivity index (χ0n) is 10.0. The molecule has 102 valence electrons. The van der Waals surface area contributed by atoms with Crippen molar-refractivity contribution in [2.75, 3.05) is 5.32 Å². The van der Waals surface area contributed by atoms with E-state index in [1.54, 1.807) is 6.07 Å². The van der Waals surface area contributed by atoms with Gasteiger partial charge in [0.25, 0.3) is 0 Å². The Bertz CT molecular complexity index is 656. The molecule has 0 aliphatic carbocycles. The van der Waals surface area contributed by atoms with E-state index >= 15 is 0 Å². The average Bonchev–Trinajstić information content (AvgIpc) is 2.43. The molecule has 1 atom stereocenters. The van der Waals surface area contributed by atoms with Gasteiger partial charge in [-0.3, -0.25) is 0 Å². The predicted octanol–water partition coefficient (Wildman–Crippen LogP) is 3.92. The maximum Gasteiger partial charge on any atom is 0.194 e. The van der Waals surface area contributed by atoms with E-state index < -0.39 is 29.3 Å². The molecule has 0 aliphatic heterocycles. The van der Waals surface area contributed by atoms with Crippen LogP contribution in [0.4, 0.5) is 23.2 Å². The molecule has 2 aromatic carbocycles. The van der Waals surface area contributed by atoms with Crippen LogP contribution < -0.4 is 5.32 Å². The van der Waals surface area contributed by atoms with Gasteiger partial charge in [-0.2, -0.15) is 5.26 Å². The van der Waals surface area contributed by atoms with Gasteiger partial charge in [-0.25, -0.2) is 17.6 Å². The van der Waals surface area contributed by atoms with Crippen LogP contribution in [0.1, 0.15) is 11.6 Å². The highest BCUT2D eigenvalue weighted by Crippen LogP contribution is 2.24. The van der Waals surface area contributed by atoms with Crippen LogP contribution in [-0.2, 0) is 0 Å². The first-order valence-electron chi connectivity index (χ1n) is 5.58. The molecule has 0 saturated carbocycles. The maximum absolute atomic E-state index is 13.4. The summed E-state index contributed by atoms with van der Waals surface area (Å²) in [4.78, 5) is 0. The lowest BCUT2D eigenvalue weighted by Gasteiger charge is -2.14. The molecular formula is C14H8F4N2. The van der Waals surface area contributed by atoms with Gasteiger partial charge in [-0.05, 0) is 29.8 Å². The minimum atomic E-state index is -1.61. The number of benzene rings is 2. The largest absolute Gasteiger partial charge is 0.364 e. The van der Waals surface area contributed by atoms with Crippen molar-refractivity contribution in [1.29, 1.82) is 5.26 Å². The molecule has 2 aromatic rings. The van der Waals surface area contributed by atoms with Gasteiger partial charge in [0.05, 0.1) is 11.8 Å². The lowest BCUT2D eigenvalue weighted by molar-refractivity contribution is 0.445. The van der Waals surface area contributed by atoms with E-state index in [4.69, 9.17) is 5.26 Å². The Labute approximate surface area is 112 Å². The summed E-state index contributed by atoms with van der Waals surface area (Å²) in [5, 5.41) is 11.5. The van der Waals surface area contributed by atoms with Crippen molar-refractivity contribution in [1.82, 2.24) is 0 Å². The van der Waals surface area contributed by atoms with Crippen LogP contribution in [-0.4, -0.2) is 0 Å². The zero-order valence-corrected chi connectivity index (χ0v) is 10.0. The number of nitrogens with one attached hydrogen (secondary N) is 1. The van der Waals surface area contributed by atoms with Gasteiger partial charge in [0.2, 0.25) is 0 Å². The summed E-state index contributed by atoms with van der Waals surface area (Å²) in [6.07, 6.45) is 0. The summed E-state index contributed by atoms with van der Waals surface area (Å²) in [5.74, 6) is -5.04. The fraction of sp³-hybridized carbons (Fsp3) is 0.0714. The molecule has 1 unspecified atom stereocenters. The van der Waals surface area contributed by atoms with Crippen LogP contribution in [0.2, 0.25) is 0 Å². The summed E-state index contributed by atoms with van der Waals surface area (Å²) in [5.41, 5.74) is -0.128. The standard InChI is InChI=1S/C14H8F4N2/c15-9-3-1-2-4-12(9)20-13(7-19)8-5-10(16)14(18)11(17)6-8/h1-6,13,20H.